The largest absolute Gasteiger partial charge is 0.378 e. The quantitative estimate of drug-likeness (QED) is 0.768. The molecule has 5 heteroatoms. The first-order valence-electron chi connectivity index (χ1n) is 10.6. The number of nitrogens with zero attached hydrogens (tertiary/aromatic N) is 2. The molecule has 148 valence electrons. The number of anilines is 1. The SMILES string of the molecule is CCCC[C@@H]1CN(C(=O)c2ccccc2N2CCOCC2)C[C@H](C2CC2)O1. The third-order valence-corrected chi connectivity index (χ3v) is 5.99. The average Bonchev–Trinajstić information content (AvgIpc) is 3.57. The third kappa shape index (κ3) is 4.46. The van der Waals surface area contributed by atoms with Crippen LogP contribution in [0.1, 0.15) is 49.4 Å². The maximum atomic E-state index is 13.5. The molecule has 2 aliphatic heterocycles. The Morgan fingerprint density at radius 1 is 1.15 bits per heavy atom. The number of carbonyl (C=O) groups excluding carboxylic acids is 1. The molecule has 5 nitrogen and oxygen atoms in total. The van der Waals surface area contributed by atoms with Crippen molar-refractivity contribution >= 4 is 11.6 Å². The summed E-state index contributed by atoms with van der Waals surface area (Å²) in [5.74, 6) is 0.812. The van der Waals surface area contributed by atoms with Crippen molar-refractivity contribution in [1.29, 1.82) is 0 Å². The van der Waals surface area contributed by atoms with Crippen molar-refractivity contribution in [3.63, 3.8) is 0 Å². The Morgan fingerprint density at radius 3 is 2.67 bits per heavy atom. The average molecular weight is 373 g/mol. The number of rotatable bonds is 6. The van der Waals surface area contributed by atoms with Crippen LogP contribution in [-0.2, 0) is 9.47 Å². The predicted octanol–water partition coefficient (Wildman–Crippen LogP) is 3.33. The van der Waals surface area contributed by atoms with Crippen molar-refractivity contribution in [2.45, 2.75) is 51.2 Å². The second-order valence-electron chi connectivity index (χ2n) is 8.10. The number of hydrogen-bond donors (Lipinski definition) is 0. The van der Waals surface area contributed by atoms with Gasteiger partial charge in [0.1, 0.15) is 0 Å². The Kier molecular flexibility index (Phi) is 5.98. The van der Waals surface area contributed by atoms with E-state index in [1.165, 1.54) is 19.3 Å². The maximum absolute atomic E-state index is 13.5. The van der Waals surface area contributed by atoms with Gasteiger partial charge < -0.3 is 19.3 Å². The van der Waals surface area contributed by atoms with Crippen molar-refractivity contribution in [1.82, 2.24) is 4.90 Å². The summed E-state index contributed by atoms with van der Waals surface area (Å²) < 4.78 is 11.8. The molecule has 1 saturated carbocycles. The molecular weight excluding hydrogens is 340 g/mol. The van der Waals surface area contributed by atoms with Gasteiger partial charge in [0.15, 0.2) is 0 Å². The summed E-state index contributed by atoms with van der Waals surface area (Å²) in [5.41, 5.74) is 1.87. The molecule has 0 unspecified atom stereocenters. The highest BCUT2D eigenvalue weighted by molar-refractivity contribution is 6.00. The van der Waals surface area contributed by atoms with Gasteiger partial charge in [0.2, 0.25) is 0 Å². The number of morpholine rings is 2. The molecule has 27 heavy (non-hydrogen) atoms. The van der Waals surface area contributed by atoms with Crippen molar-refractivity contribution < 1.29 is 14.3 Å². The van der Waals surface area contributed by atoms with Gasteiger partial charge in [-0.15, -0.1) is 0 Å². The van der Waals surface area contributed by atoms with Crippen LogP contribution in [-0.4, -0.2) is 62.4 Å². The van der Waals surface area contributed by atoms with E-state index in [1.807, 2.05) is 18.2 Å². The maximum Gasteiger partial charge on any atom is 0.256 e. The second-order valence-corrected chi connectivity index (χ2v) is 8.10. The fraction of sp³-hybridized carbons (Fsp3) is 0.682. The molecule has 0 radical (unpaired) electrons. The van der Waals surface area contributed by atoms with E-state index in [4.69, 9.17) is 9.47 Å². The minimum atomic E-state index is 0.160. The molecular formula is C22H32N2O3. The summed E-state index contributed by atoms with van der Waals surface area (Å²) in [5, 5.41) is 0. The van der Waals surface area contributed by atoms with Crippen LogP contribution >= 0.6 is 0 Å². The zero-order chi connectivity index (χ0) is 18.6. The minimum absolute atomic E-state index is 0.160. The van der Waals surface area contributed by atoms with Gasteiger partial charge in [-0.3, -0.25) is 4.79 Å². The van der Waals surface area contributed by atoms with Crippen LogP contribution in [0.5, 0.6) is 0 Å². The van der Waals surface area contributed by atoms with E-state index in [0.29, 0.717) is 5.92 Å². The first-order chi connectivity index (χ1) is 13.3. The van der Waals surface area contributed by atoms with Gasteiger partial charge in [-0.05, 0) is 37.3 Å². The smallest absolute Gasteiger partial charge is 0.256 e. The second kappa shape index (κ2) is 8.61. The molecule has 0 bridgehead atoms. The predicted molar refractivity (Wildman–Crippen MR) is 106 cm³/mol. The Hall–Kier alpha value is -1.59. The van der Waals surface area contributed by atoms with E-state index in [0.717, 1.165) is 63.5 Å². The van der Waals surface area contributed by atoms with Crippen LogP contribution in [0.15, 0.2) is 24.3 Å². The number of para-hydroxylation sites is 1. The molecule has 1 aromatic rings. The van der Waals surface area contributed by atoms with Crippen molar-refractivity contribution in [2.24, 2.45) is 5.92 Å². The zero-order valence-electron chi connectivity index (χ0n) is 16.4. The number of carbonyl (C=O) groups is 1. The Labute approximate surface area is 162 Å². The molecule has 2 heterocycles. The number of unbranched alkanes of at least 4 members (excludes halogenated alkanes) is 1. The van der Waals surface area contributed by atoms with Crippen LogP contribution < -0.4 is 4.90 Å². The lowest BCUT2D eigenvalue weighted by atomic mass is 10.0. The highest BCUT2D eigenvalue weighted by Crippen LogP contribution is 2.37. The van der Waals surface area contributed by atoms with Crippen LogP contribution in [0, 0.1) is 5.92 Å². The first-order valence-corrected chi connectivity index (χ1v) is 10.6. The van der Waals surface area contributed by atoms with E-state index in [1.54, 1.807) is 0 Å². The molecule has 3 fully saturated rings. The monoisotopic (exact) mass is 372 g/mol. The summed E-state index contributed by atoms with van der Waals surface area (Å²) >= 11 is 0. The highest BCUT2D eigenvalue weighted by Gasteiger charge is 2.40. The summed E-state index contributed by atoms with van der Waals surface area (Å²) in [6.45, 7) is 6.81. The molecule has 0 N–H and O–H groups in total. The van der Waals surface area contributed by atoms with Gasteiger partial charge in [-0.1, -0.05) is 31.9 Å². The van der Waals surface area contributed by atoms with Gasteiger partial charge in [-0.25, -0.2) is 0 Å². The first kappa shape index (κ1) is 18.8. The number of hydrogen-bond acceptors (Lipinski definition) is 4. The fourth-order valence-corrected chi connectivity index (χ4v) is 4.26. The van der Waals surface area contributed by atoms with Crippen molar-refractivity contribution in [3.8, 4) is 0 Å². The van der Waals surface area contributed by atoms with Gasteiger partial charge in [-0.2, -0.15) is 0 Å². The summed E-state index contributed by atoms with van der Waals surface area (Å²) in [7, 11) is 0. The Balaban J connectivity index is 1.52. The van der Waals surface area contributed by atoms with Crippen molar-refractivity contribution in [3.05, 3.63) is 29.8 Å². The number of amides is 1. The molecule has 1 amide bonds. The molecule has 1 aromatic carbocycles. The minimum Gasteiger partial charge on any atom is -0.378 e. The van der Waals surface area contributed by atoms with E-state index >= 15 is 0 Å². The normalized spacial score (nSPS) is 26.3. The molecule has 1 aliphatic carbocycles. The molecule has 0 spiro atoms. The highest BCUT2D eigenvalue weighted by atomic mass is 16.5. The Bertz CT molecular complexity index is 640. The summed E-state index contributed by atoms with van der Waals surface area (Å²) in [6.07, 6.45) is 6.28. The van der Waals surface area contributed by atoms with Crippen LogP contribution in [0.2, 0.25) is 0 Å². The lowest BCUT2D eigenvalue weighted by molar-refractivity contribution is -0.0874. The van der Waals surface area contributed by atoms with Gasteiger partial charge in [0.25, 0.3) is 5.91 Å². The fourth-order valence-electron chi connectivity index (χ4n) is 4.26. The standard InChI is InChI=1S/C22H32N2O3/c1-2-3-6-18-15-24(16-21(27-18)17-9-10-17)22(25)19-7-4-5-8-20(19)23-11-13-26-14-12-23/h4-5,7-8,17-18,21H,2-3,6,9-16H2,1H3/t18-,21-/m1/s1. The molecule has 3 aliphatic rings. The third-order valence-electron chi connectivity index (χ3n) is 5.99. The van der Waals surface area contributed by atoms with E-state index in [-0.39, 0.29) is 18.1 Å². The van der Waals surface area contributed by atoms with E-state index in [2.05, 4.69) is 22.8 Å². The van der Waals surface area contributed by atoms with Crippen LogP contribution in [0.4, 0.5) is 5.69 Å². The molecule has 4 rings (SSSR count). The lowest BCUT2D eigenvalue weighted by Crippen LogP contribution is -2.51. The van der Waals surface area contributed by atoms with Gasteiger partial charge >= 0.3 is 0 Å². The van der Waals surface area contributed by atoms with Crippen LogP contribution in [0.25, 0.3) is 0 Å². The topological polar surface area (TPSA) is 42.0 Å². The van der Waals surface area contributed by atoms with Gasteiger partial charge in [0, 0.05) is 31.9 Å². The summed E-state index contributed by atoms with van der Waals surface area (Å²) in [4.78, 5) is 17.8. The molecule has 2 atom stereocenters. The number of benzene rings is 1. The Morgan fingerprint density at radius 2 is 1.93 bits per heavy atom. The van der Waals surface area contributed by atoms with E-state index in [9.17, 15) is 4.79 Å². The lowest BCUT2D eigenvalue weighted by Gasteiger charge is -2.39. The molecule has 2 saturated heterocycles. The zero-order valence-corrected chi connectivity index (χ0v) is 16.4. The molecule has 0 aromatic heterocycles. The summed E-state index contributed by atoms with van der Waals surface area (Å²) in [6, 6.07) is 8.06. The van der Waals surface area contributed by atoms with Crippen molar-refractivity contribution in [2.75, 3.05) is 44.3 Å². The van der Waals surface area contributed by atoms with Gasteiger partial charge in [0.05, 0.1) is 31.0 Å². The van der Waals surface area contributed by atoms with Crippen LogP contribution in [0.3, 0.4) is 0 Å². The number of ether oxygens (including phenoxy) is 2. The van der Waals surface area contributed by atoms with E-state index < -0.39 is 0 Å².